The lowest BCUT2D eigenvalue weighted by atomic mass is 10.4. The van der Waals surface area contributed by atoms with Gasteiger partial charge in [0.05, 0.1) is 18.8 Å². The van der Waals surface area contributed by atoms with Crippen LogP contribution in [-0.4, -0.2) is 15.9 Å². The summed E-state index contributed by atoms with van der Waals surface area (Å²) >= 11 is 3.14. The molecule has 0 bridgehead atoms. The molecule has 0 aliphatic carbocycles. The summed E-state index contributed by atoms with van der Waals surface area (Å²) in [6.07, 6.45) is 3.09. The highest BCUT2D eigenvalue weighted by molar-refractivity contribution is 9.10. The lowest BCUT2D eigenvalue weighted by molar-refractivity contribution is -0.117. The maximum Gasteiger partial charge on any atom is 0.229 e. The van der Waals surface area contributed by atoms with Crippen molar-refractivity contribution < 1.29 is 4.79 Å². The van der Waals surface area contributed by atoms with Gasteiger partial charge in [-0.2, -0.15) is 0 Å². The lowest BCUT2D eigenvalue weighted by Crippen LogP contribution is -2.08. The van der Waals surface area contributed by atoms with Gasteiger partial charge in [-0.1, -0.05) is 5.92 Å². The molecule has 13 heavy (non-hydrogen) atoms. The summed E-state index contributed by atoms with van der Waals surface area (Å²) < 4.78 is 0.646. The van der Waals surface area contributed by atoms with Crippen molar-refractivity contribution >= 4 is 21.8 Å². The molecular formula is C8H6BrN3O. The second-order valence-corrected chi connectivity index (χ2v) is 2.98. The van der Waals surface area contributed by atoms with Crippen LogP contribution in [0.4, 0.5) is 0 Å². The topological polar surface area (TPSA) is 68.9 Å². The Bertz CT molecular complexity index is 363. The first kappa shape index (κ1) is 9.68. The molecule has 4 nitrogen and oxygen atoms in total. The number of halogens is 1. The van der Waals surface area contributed by atoms with Gasteiger partial charge in [0.1, 0.15) is 10.3 Å². The first-order valence-corrected chi connectivity index (χ1v) is 4.22. The highest BCUT2D eigenvalue weighted by Gasteiger charge is 1.90. The van der Waals surface area contributed by atoms with Gasteiger partial charge in [-0.3, -0.25) is 4.79 Å². The van der Waals surface area contributed by atoms with Crippen molar-refractivity contribution in [1.82, 2.24) is 9.97 Å². The molecule has 0 aromatic carbocycles. The van der Waals surface area contributed by atoms with Crippen molar-refractivity contribution in [3.8, 4) is 11.8 Å². The molecule has 0 radical (unpaired) electrons. The summed E-state index contributed by atoms with van der Waals surface area (Å²) in [5.74, 6) is 4.79. The fourth-order valence-corrected chi connectivity index (χ4v) is 0.803. The minimum atomic E-state index is -0.447. The minimum Gasteiger partial charge on any atom is -0.369 e. The number of nitrogens with zero attached hydrogens (tertiary/aromatic N) is 2. The molecule has 0 unspecified atom stereocenters. The quantitative estimate of drug-likeness (QED) is 0.725. The van der Waals surface area contributed by atoms with Crippen molar-refractivity contribution in [1.29, 1.82) is 0 Å². The normalized spacial score (nSPS) is 8.69. The Morgan fingerprint density at radius 2 is 2.31 bits per heavy atom. The summed E-state index contributed by atoms with van der Waals surface area (Å²) in [5.41, 5.74) is 5.41. The Hall–Kier alpha value is -1.41. The van der Waals surface area contributed by atoms with Crippen LogP contribution in [0.1, 0.15) is 12.1 Å². The third-order valence-electron chi connectivity index (χ3n) is 1.10. The summed E-state index contributed by atoms with van der Waals surface area (Å²) in [6, 6.07) is 0. The van der Waals surface area contributed by atoms with Crippen LogP contribution in [0.5, 0.6) is 0 Å². The van der Waals surface area contributed by atoms with E-state index in [-0.39, 0.29) is 6.42 Å². The number of hydrogen-bond acceptors (Lipinski definition) is 3. The highest BCUT2D eigenvalue weighted by atomic mass is 79.9. The third-order valence-corrected chi connectivity index (χ3v) is 1.51. The van der Waals surface area contributed by atoms with E-state index in [2.05, 4.69) is 37.7 Å². The Kier molecular flexibility index (Phi) is 3.41. The van der Waals surface area contributed by atoms with Gasteiger partial charge in [0.2, 0.25) is 5.91 Å². The predicted octanol–water partition coefficient (Wildman–Crippen LogP) is 0.466. The Morgan fingerprint density at radius 1 is 1.54 bits per heavy atom. The molecule has 66 valence electrons. The monoisotopic (exact) mass is 239 g/mol. The Balaban J connectivity index is 2.67. The molecule has 5 heteroatoms. The van der Waals surface area contributed by atoms with Gasteiger partial charge in [0.15, 0.2) is 0 Å². The Morgan fingerprint density at radius 3 is 2.85 bits per heavy atom. The summed E-state index contributed by atoms with van der Waals surface area (Å²) in [6.45, 7) is 0. The molecule has 0 spiro atoms. The average Bonchev–Trinajstić information content (AvgIpc) is 2.08. The zero-order valence-corrected chi connectivity index (χ0v) is 8.21. The van der Waals surface area contributed by atoms with Crippen molar-refractivity contribution in [3.63, 3.8) is 0 Å². The van der Waals surface area contributed by atoms with Gasteiger partial charge in [0.25, 0.3) is 0 Å². The van der Waals surface area contributed by atoms with Gasteiger partial charge < -0.3 is 5.73 Å². The third kappa shape index (κ3) is 3.67. The van der Waals surface area contributed by atoms with E-state index in [4.69, 9.17) is 5.73 Å². The van der Waals surface area contributed by atoms with Crippen LogP contribution in [0.3, 0.4) is 0 Å². The molecule has 0 aliphatic heterocycles. The zero-order chi connectivity index (χ0) is 9.68. The van der Waals surface area contributed by atoms with Gasteiger partial charge in [-0.25, -0.2) is 9.97 Å². The number of hydrogen-bond donors (Lipinski definition) is 1. The maximum atomic E-state index is 10.3. The SMILES string of the molecule is NC(=O)CC#Cc1cnc(Br)cn1. The van der Waals surface area contributed by atoms with Crippen LogP contribution in [0, 0.1) is 11.8 Å². The summed E-state index contributed by atoms with van der Waals surface area (Å²) in [4.78, 5) is 18.2. The van der Waals surface area contributed by atoms with Crippen LogP contribution >= 0.6 is 15.9 Å². The predicted molar refractivity (Wildman–Crippen MR) is 50.4 cm³/mol. The molecule has 2 N–H and O–H groups in total. The van der Waals surface area contributed by atoms with Gasteiger partial charge in [-0.05, 0) is 21.9 Å². The fourth-order valence-electron chi connectivity index (χ4n) is 0.599. The van der Waals surface area contributed by atoms with Crippen molar-refractivity contribution in [2.75, 3.05) is 0 Å². The van der Waals surface area contributed by atoms with Gasteiger partial charge >= 0.3 is 0 Å². The molecule has 0 saturated carbocycles. The van der Waals surface area contributed by atoms with Crippen LogP contribution in [0.25, 0.3) is 0 Å². The molecular weight excluding hydrogens is 234 g/mol. The van der Waals surface area contributed by atoms with Crippen molar-refractivity contribution in [3.05, 3.63) is 22.7 Å². The van der Waals surface area contributed by atoms with Crippen LogP contribution in [-0.2, 0) is 4.79 Å². The number of primary amides is 1. The van der Waals surface area contributed by atoms with Gasteiger partial charge in [-0.15, -0.1) is 0 Å². The molecule has 1 aromatic rings. The van der Waals surface area contributed by atoms with Crippen LogP contribution in [0.2, 0.25) is 0 Å². The first-order valence-electron chi connectivity index (χ1n) is 3.43. The zero-order valence-electron chi connectivity index (χ0n) is 6.62. The number of carbonyl (C=O) groups excluding carboxylic acids is 1. The molecule has 1 amide bonds. The molecule has 1 aromatic heterocycles. The first-order chi connectivity index (χ1) is 6.18. The molecule has 0 fully saturated rings. The number of aromatic nitrogens is 2. The average molecular weight is 240 g/mol. The summed E-state index contributed by atoms with van der Waals surface area (Å²) in [7, 11) is 0. The van der Waals surface area contributed by atoms with E-state index in [1.165, 1.54) is 12.4 Å². The number of rotatable bonds is 1. The van der Waals surface area contributed by atoms with E-state index in [1.807, 2.05) is 0 Å². The van der Waals surface area contributed by atoms with E-state index >= 15 is 0 Å². The summed E-state index contributed by atoms with van der Waals surface area (Å²) in [5, 5.41) is 0. The van der Waals surface area contributed by atoms with Crippen LogP contribution in [0.15, 0.2) is 17.0 Å². The highest BCUT2D eigenvalue weighted by Crippen LogP contribution is 2.01. The van der Waals surface area contributed by atoms with E-state index in [0.717, 1.165) is 0 Å². The van der Waals surface area contributed by atoms with E-state index < -0.39 is 5.91 Å². The number of amides is 1. The van der Waals surface area contributed by atoms with Crippen molar-refractivity contribution in [2.24, 2.45) is 5.73 Å². The smallest absolute Gasteiger partial charge is 0.229 e. The fraction of sp³-hybridized carbons (Fsp3) is 0.125. The maximum absolute atomic E-state index is 10.3. The van der Waals surface area contributed by atoms with Crippen molar-refractivity contribution in [2.45, 2.75) is 6.42 Å². The molecule has 0 saturated heterocycles. The largest absolute Gasteiger partial charge is 0.369 e. The van der Waals surface area contributed by atoms with Crippen LogP contribution < -0.4 is 5.73 Å². The minimum absolute atomic E-state index is 0.0394. The molecule has 0 aliphatic rings. The number of carbonyl (C=O) groups is 1. The lowest BCUT2D eigenvalue weighted by Gasteiger charge is -1.88. The molecule has 1 rings (SSSR count). The second kappa shape index (κ2) is 4.58. The van der Waals surface area contributed by atoms with E-state index in [9.17, 15) is 4.79 Å². The Labute approximate surface area is 83.7 Å². The number of nitrogens with two attached hydrogens (primary N) is 1. The van der Waals surface area contributed by atoms with Gasteiger partial charge in [0, 0.05) is 0 Å². The second-order valence-electron chi connectivity index (χ2n) is 2.17. The molecule has 1 heterocycles. The van der Waals surface area contributed by atoms with E-state index in [1.54, 1.807) is 0 Å². The molecule has 0 atom stereocenters. The van der Waals surface area contributed by atoms with E-state index in [0.29, 0.717) is 10.3 Å². The standard InChI is InChI=1S/C8H6BrN3O/c9-7-5-11-6(4-12-7)2-1-3-8(10)13/h4-5H,3H2,(H2,10,13).